The van der Waals surface area contributed by atoms with Crippen molar-refractivity contribution in [2.45, 2.75) is 12.8 Å². The molecule has 23 heavy (non-hydrogen) atoms. The summed E-state index contributed by atoms with van der Waals surface area (Å²) in [4.78, 5) is 15.5. The fraction of sp³-hybridized carbons (Fsp3) is 0.111. The van der Waals surface area contributed by atoms with Crippen LogP contribution >= 0.6 is 24.0 Å². The summed E-state index contributed by atoms with van der Waals surface area (Å²) in [5.74, 6) is -0.801. The van der Waals surface area contributed by atoms with E-state index in [9.17, 15) is 4.79 Å². The quantitative estimate of drug-likeness (QED) is 0.722. The van der Waals surface area contributed by atoms with Gasteiger partial charge in [0.15, 0.2) is 0 Å². The zero-order valence-electron chi connectivity index (χ0n) is 12.2. The van der Waals surface area contributed by atoms with E-state index >= 15 is 0 Å². The summed E-state index contributed by atoms with van der Waals surface area (Å²) in [5, 5.41) is 10.6. The molecule has 5 heteroatoms. The number of aryl methyl sites for hydroxylation is 1. The van der Waals surface area contributed by atoms with Gasteiger partial charge in [-0.3, -0.25) is 4.79 Å². The van der Waals surface area contributed by atoms with Crippen molar-refractivity contribution >= 4 is 40.9 Å². The second kappa shape index (κ2) is 7.44. The van der Waals surface area contributed by atoms with Crippen LogP contribution in [0.5, 0.6) is 0 Å². The lowest BCUT2D eigenvalue weighted by Crippen LogP contribution is -1.99. The number of aromatic nitrogens is 1. The number of rotatable bonds is 4. The number of para-hydroxylation sites is 1. The van der Waals surface area contributed by atoms with Crippen LogP contribution in [0, 0.1) is 0 Å². The van der Waals surface area contributed by atoms with E-state index in [2.05, 4.69) is 4.98 Å². The zero-order chi connectivity index (χ0) is 15.5. The van der Waals surface area contributed by atoms with Crippen molar-refractivity contribution in [1.82, 2.24) is 4.98 Å². The number of halogens is 2. The predicted molar refractivity (Wildman–Crippen MR) is 95.4 cm³/mol. The smallest absolute Gasteiger partial charge is 0.303 e. The summed E-state index contributed by atoms with van der Waals surface area (Å²) < 4.78 is 0. The van der Waals surface area contributed by atoms with Gasteiger partial charge in [-0.1, -0.05) is 41.9 Å². The minimum absolute atomic E-state index is 0. The van der Waals surface area contributed by atoms with Crippen LogP contribution in [0.25, 0.3) is 22.2 Å². The predicted octanol–water partition coefficient (Wildman–Crippen LogP) is 4.99. The van der Waals surface area contributed by atoms with Crippen LogP contribution in [0.15, 0.2) is 54.6 Å². The van der Waals surface area contributed by atoms with Gasteiger partial charge < -0.3 is 5.11 Å². The van der Waals surface area contributed by atoms with Crippen LogP contribution in [-0.4, -0.2) is 16.1 Å². The maximum Gasteiger partial charge on any atom is 0.303 e. The molecule has 0 amide bonds. The number of benzene rings is 2. The molecule has 0 saturated heterocycles. The molecule has 3 rings (SSSR count). The van der Waals surface area contributed by atoms with Crippen LogP contribution in [0.1, 0.15) is 12.0 Å². The van der Waals surface area contributed by atoms with Crippen LogP contribution in [-0.2, 0) is 11.2 Å². The molecular formula is C18H15Cl2NO2. The van der Waals surface area contributed by atoms with Gasteiger partial charge in [0.2, 0.25) is 0 Å². The van der Waals surface area contributed by atoms with E-state index in [1.165, 1.54) is 0 Å². The SMILES string of the molecule is Cl.O=C(O)CCc1cc(-c2cccc(Cl)c2)nc2ccccc12. The maximum atomic E-state index is 10.9. The molecule has 0 spiro atoms. The number of carboxylic acid groups (broad SMARTS) is 1. The molecule has 1 heterocycles. The topological polar surface area (TPSA) is 50.2 Å². The van der Waals surface area contributed by atoms with E-state index in [0.29, 0.717) is 11.4 Å². The number of carboxylic acids is 1. The van der Waals surface area contributed by atoms with Crippen molar-refractivity contribution in [1.29, 1.82) is 0 Å². The molecule has 0 unspecified atom stereocenters. The molecule has 0 aliphatic carbocycles. The summed E-state index contributed by atoms with van der Waals surface area (Å²) in [7, 11) is 0. The minimum Gasteiger partial charge on any atom is -0.481 e. The summed E-state index contributed by atoms with van der Waals surface area (Å²) >= 11 is 6.05. The normalized spacial score (nSPS) is 10.3. The standard InChI is InChI=1S/C18H14ClNO2.ClH/c19-14-5-3-4-13(10-14)17-11-12(8-9-18(21)22)15-6-1-2-7-16(15)20-17;/h1-7,10-11H,8-9H2,(H,21,22);1H. The molecule has 0 atom stereocenters. The van der Waals surface area contributed by atoms with Crippen molar-refractivity contribution in [2.75, 3.05) is 0 Å². The molecule has 2 aromatic carbocycles. The lowest BCUT2D eigenvalue weighted by atomic mass is 10.0. The maximum absolute atomic E-state index is 10.9. The minimum atomic E-state index is -0.801. The van der Waals surface area contributed by atoms with E-state index in [-0.39, 0.29) is 18.8 Å². The van der Waals surface area contributed by atoms with Gasteiger partial charge in [0.25, 0.3) is 0 Å². The van der Waals surface area contributed by atoms with E-state index in [1.54, 1.807) is 0 Å². The molecule has 0 fully saturated rings. The highest BCUT2D eigenvalue weighted by atomic mass is 35.5. The Kier molecular flexibility index (Phi) is 5.59. The fourth-order valence-corrected chi connectivity index (χ4v) is 2.68. The van der Waals surface area contributed by atoms with Gasteiger partial charge in [-0.05, 0) is 36.2 Å². The highest BCUT2D eigenvalue weighted by molar-refractivity contribution is 6.30. The molecule has 118 valence electrons. The van der Waals surface area contributed by atoms with Gasteiger partial charge in [0, 0.05) is 22.4 Å². The first-order chi connectivity index (χ1) is 10.6. The average molecular weight is 348 g/mol. The third kappa shape index (κ3) is 4.01. The second-order valence-corrected chi connectivity index (χ2v) is 5.52. The van der Waals surface area contributed by atoms with Gasteiger partial charge in [0.05, 0.1) is 11.2 Å². The van der Waals surface area contributed by atoms with E-state index < -0.39 is 5.97 Å². The molecule has 0 radical (unpaired) electrons. The molecule has 1 aromatic heterocycles. The summed E-state index contributed by atoms with van der Waals surface area (Å²) in [6.45, 7) is 0. The van der Waals surface area contributed by atoms with E-state index in [4.69, 9.17) is 16.7 Å². The highest BCUT2D eigenvalue weighted by Crippen LogP contribution is 2.27. The molecule has 0 aliphatic rings. The fourth-order valence-electron chi connectivity index (χ4n) is 2.49. The first-order valence-electron chi connectivity index (χ1n) is 7.00. The van der Waals surface area contributed by atoms with Crippen molar-refractivity contribution in [3.8, 4) is 11.3 Å². The Bertz CT molecular complexity index is 849. The number of hydrogen-bond acceptors (Lipinski definition) is 2. The largest absolute Gasteiger partial charge is 0.481 e. The Balaban J connectivity index is 0.00000192. The van der Waals surface area contributed by atoms with Gasteiger partial charge in [-0.2, -0.15) is 0 Å². The number of hydrogen-bond donors (Lipinski definition) is 1. The number of fused-ring (bicyclic) bond motifs is 1. The molecule has 0 saturated carbocycles. The number of aliphatic carboxylic acids is 1. The number of carbonyl (C=O) groups is 1. The van der Waals surface area contributed by atoms with E-state index in [1.807, 2.05) is 54.6 Å². The second-order valence-electron chi connectivity index (χ2n) is 5.09. The van der Waals surface area contributed by atoms with Gasteiger partial charge in [0.1, 0.15) is 0 Å². The third-order valence-corrected chi connectivity index (χ3v) is 3.77. The summed E-state index contributed by atoms with van der Waals surface area (Å²) in [5.41, 5.74) is 3.58. The first-order valence-corrected chi connectivity index (χ1v) is 7.38. The van der Waals surface area contributed by atoms with Crippen molar-refractivity contribution < 1.29 is 9.90 Å². The van der Waals surface area contributed by atoms with Crippen LogP contribution in [0.3, 0.4) is 0 Å². The molecule has 1 N–H and O–H groups in total. The van der Waals surface area contributed by atoms with Crippen LogP contribution in [0.4, 0.5) is 0 Å². The highest BCUT2D eigenvalue weighted by Gasteiger charge is 2.09. The third-order valence-electron chi connectivity index (χ3n) is 3.53. The van der Waals surface area contributed by atoms with Crippen molar-refractivity contribution in [3.05, 3.63) is 65.2 Å². The zero-order valence-corrected chi connectivity index (χ0v) is 13.8. The monoisotopic (exact) mass is 347 g/mol. The summed E-state index contributed by atoms with van der Waals surface area (Å²) in [6.07, 6.45) is 0.578. The molecule has 3 nitrogen and oxygen atoms in total. The lowest BCUT2D eigenvalue weighted by molar-refractivity contribution is -0.136. The van der Waals surface area contributed by atoms with Crippen molar-refractivity contribution in [2.24, 2.45) is 0 Å². The van der Waals surface area contributed by atoms with Gasteiger partial charge in [-0.15, -0.1) is 12.4 Å². The Labute approximate surface area is 145 Å². The number of nitrogens with zero attached hydrogens (tertiary/aromatic N) is 1. The molecule has 0 bridgehead atoms. The Morgan fingerprint density at radius 3 is 2.61 bits per heavy atom. The molecule has 3 aromatic rings. The summed E-state index contributed by atoms with van der Waals surface area (Å²) in [6, 6.07) is 17.2. The van der Waals surface area contributed by atoms with Gasteiger partial charge >= 0.3 is 5.97 Å². The Hall–Kier alpha value is -2.10. The number of pyridine rings is 1. The van der Waals surface area contributed by atoms with Crippen molar-refractivity contribution in [3.63, 3.8) is 0 Å². The average Bonchev–Trinajstić information content (AvgIpc) is 2.52. The lowest BCUT2D eigenvalue weighted by Gasteiger charge is -2.09. The Morgan fingerprint density at radius 2 is 1.87 bits per heavy atom. The van der Waals surface area contributed by atoms with Gasteiger partial charge in [-0.25, -0.2) is 4.98 Å². The Morgan fingerprint density at radius 1 is 1.09 bits per heavy atom. The van der Waals surface area contributed by atoms with Crippen LogP contribution in [0.2, 0.25) is 5.02 Å². The molecule has 0 aliphatic heterocycles. The van der Waals surface area contributed by atoms with E-state index in [0.717, 1.165) is 27.7 Å². The first kappa shape index (κ1) is 17.3. The van der Waals surface area contributed by atoms with Crippen LogP contribution < -0.4 is 0 Å². The molecular weight excluding hydrogens is 333 g/mol.